The molecule has 0 heterocycles. The Balaban J connectivity index is 0.00000225. The molecule has 2 aromatic carbocycles. The average Bonchev–Trinajstić information content (AvgIpc) is 2.61. The second-order valence-corrected chi connectivity index (χ2v) is 6.93. The molecule has 0 radical (unpaired) electrons. The van der Waals surface area contributed by atoms with Gasteiger partial charge in [-0.15, -0.1) is 0 Å². The maximum absolute atomic E-state index is 14.1. The van der Waals surface area contributed by atoms with Crippen molar-refractivity contribution in [2.24, 2.45) is 5.92 Å². The number of ether oxygens (including phenoxy) is 1. The van der Waals surface area contributed by atoms with Crippen LogP contribution in [0.1, 0.15) is 56.6 Å². The van der Waals surface area contributed by atoms with Gasteiger partial charge in [0.1, 0.15) is 0 Å². The summed E-state index contributed by atoms with van der Waals surface area (Å²) in [6, 6.07) is 11.4. The molecule has 1 aliphatic carbocycles. The van der Waals surface area contributed by atoms with Gasteiger partial charge in [-0.2, -0.15) is 4.39 Å². The second kappa shape index (κ2) is 7.33. The standard InChI is InChI=1S/C21H24F2O.H2/c1-14-3-7-16(8-4-14)17-9-5-15(6-10-17)13-18-11-12-19(24-2)21(23)20(18)22;/h5-6,9-12,14,16H,3-4,7-8,13H2,1-2H3;1H. The highest BCUT2D eigenvalue weighted by Gasteiger charge is 2.19. The molecule has 1 nitrogen and oxygen atoms in total. The summed E-state index contributed by atoms with van der Waals surface area (Å²) in [6.45, 7) is 2.32. The Morgan fingerprint density at radius 2 is 1.62 bits per heavy atom. The predicted molar refractivity (Wildman–Crippen MR) is 94.6 cm³/mol. The molecule has 0 saturated heterocycles. The number of rotatable bonds is 4. The van der Waals surface area contributed by atoms with Crippen molar-refractivity contribution in [2.45, 2.75) is 44.9 Å². The van der Waals surface area contributed by atoms with Gasteiger partial charge in [0.15, 0.2) is 11.6 Å². The summed E-state index contributed by atoms with van der Waals surface area (Å²) >= 11 is 0. The Morgan fingerprint density at radius 1 is 0.958 bits per heavy atom. The molecular weight excluding hydrogens is 306 g/mol. The van der Waals surface area contributed by atoms with Crippen molar-refractivity contribution in [3.05, 3.63) is 64.7 Å². The first-order valence-corrected chi connectivity index (χ1v) is 8.68. The normalized spacial score (nSPS) is 20.8. The van der Waals surface area contributed by atoms with Gasteiger partial charge >= 0.3 is 0 Å². The molecule has 1 aliphatic rings. The topological polar surface area (TPSA) is 9.23 Å². The molecule has 3 rings (SSSR count). The van der Waals surface area contributed by atoms with E-state index in [0.717, 1.165) is 11.5 Å². The average molecular weight is 332 g/mol. The van der Waals surface area contributed by atoms with Crippen LogP contribution in [0, 0.1) is 17.6 Å². The molecule has 3 heteroatoms. The third kappa shape index (κ3) is 3.61. The minimum atomic E-state index is -0.914. The molecule has 0 unspecified atom stereocenters. The van der Waals surface area contributed by atoms with E-state index in [4.69, 9.17) is 4.74 Å². The first-order chi connectivity index (χ1) is 11.6. The van der Waals surface area contributed by atoms with Crippen LogP contribution in [0.4, 0.5) is 8.78 Å². The quantitative estimate of drug-likeness (QED) is 0.657. The van der Waals surface area contributed by atoms with Gasteiger partial charge in [0.05, 0.1) is 7.11 Å². The van der Waals surface area contributed by atoms with Gasteiger partial charge in [-0.25, -0.2) is 4.39 Å². The van der Waals surface area contributed by atoms with Gasteiger partial charge in [-0.3, -0.25) is 0 Å². The molecule has 24 heavy (non-hydrogen) atoms. The van der Waals surface area contributed by atoms with Crippen molar-refractivity contribution in [2.75, 3.05) is 7.11 Å². The van der Waals surface area contributed by atoms with Crippen molar-refractivity contribution in [3.63, 3.8) is 0 Å². The number of hydrogen-bond donors (Lipinski definition) is 0. The van der Waals surface area contributed by atoms with Crippen LogP contribution in [-0.2, 0) is 6.42 Å². The maximum Gasteiger partial charge on any atom is 0.200 e. The van der Waals surface area contributed by atoms with Crippen molar-refractivity contribution in [1.29, 1.82) is 0 Å². The fourth-order valence-corrected chi connectivity index (χ4v) is 3.59. The van der Waals surface area contributed by atoms with Crippen LogP contribution in [-0.4, -0.2) is 7.11 Å². The first kappa shape index (κ1) is 16.9. The Kier molecular flexibility index (Phi) is 5.17. The van der Waals surface area contributed by atoms with Crippen molar-refractivity contribution in [1.82, 2.24) is 0 Å². The highest BCUT2D eigenvalue weighted by Crippen LogP contribution is 2.35. The van der Waals surface area contributed by atoms with Crippen LogP contribution >= 0.6 is 0 Å². The third-order valence-electron chi connectivity index (χ3n) is 5.21. The molecule has 0 aliphatic heterocycles. The lowest BCUT2D eigenvalue weighted by Gasteiger charge is -2.26. The fourth-order valence-electron chi connectivity index (χ4n) is 3.59. The van der Waals surface area contributed by atoms with Crippen molar-refractivity contribution < 1.29 is 14.9 Å². The van der Waals surface area contributed by atoms with Crippen LogP contribution in [0.2, 0.25) is 0 Å². The molecule has 1 saturated carbocycles. The Bertz CT molecular complexity index is 692. The fraction of sp³-hybridized carbons (Fsp3) is 0.429. The van der Waals surface area contributed by atoms with Gasteiger partial charge in [0, 0.05) is 7.85 Å². The number of hydrogen-bond acceptors (Lipinski definition) is 1. The van der Waals surface area contributed by atoms with Gasteiger partial charge in [0.25, 0.3) is 0 Å². The molecule has 1 fully saturated rings. The number of methoxy groups -OCH3 is 1. The molecule has 0 bridgehead atoms. The van der Waals surface area contributed by atoms with Crippen LogP contribution in [0.15, 0.2) is 36.4 Å². The van der Waals surface area contributed by atoms with Crippen LogP contribution in [0.3, 0.4) is 0 Å². The van der Waals surface area contributed by atoms with Gasteiger partial charge in [-0.1, -0.05) is 50.1 Å². The van der Waals surface area contributed by atoms with E-state index < -0.39 is 11.6 Å². The highest BCUT2D eigenvalue weighted by molar-refractivity contribution is 5.35. The predicted octanol–water partition coefficient (Wildman–Crippen LogP) is 6.10. The van der Waals surface area contributed by atoms with Gasteiger partial charge in [-0.05, 0) is 47.4 Å². The van der Waals surface area contributed by atoms with E-state index in [1.165, 1.54) is 44.4 Å². The Labute approximate surface area is 144 Å². The summed E-state index contributed by atoms with van der Waals surface area (Å²) in [5, 5.41) is 0. The van der Waals surface area contributed by atoms with Gasteiger partial charge in [0.2, 0.25) is 5.82 Å². The molecule has 0 amide bonds. The van der Waals surface area contributed by atoms with E-state index in [2.05, 4.69) is 19.1 Å². The lowest BCUT2D eigenvalue weighted by atomic mass is 9.79. The van der Waals surface area contributed by atoms with Crippen LogP contribution < -0.4 is 4.74 Å². The zero-order valence-electron chi connectivity index (χ0n) is 14.3. The smallest absolute Gasteiger partial charge is 0.200 e. The lowest BCUT2D eigenvalue weighted by Crippen LogP contribution is -2.10. The summed E-state index contributed by atoms with van der Waals surface area (Å²) in [7, 11) is 1.34. The Morgan fingerprint density at radius 3 is 2.25 bits per heavy atom. The maximum atomic E-state index is 14.1. The third-order valence-corrected chi connectivity index (χ3v) is 5.21. The molecule has 0 atom stereocenters. The Hall–Kier alpha value is -1.90. The van der Waals surface area contributed by atoms with E-state index >= 15 is 0 Å². The molecule has 0 N–H and O–H groups in total. The first-order valence-electron chi connectivity index (χ1n) is 8.68. The zero-order valence-corrected chi connectivity index (χ0v) is 14.3. The lowest BCUT2D eigenvalue weighted by molar-refractivity contribution is 0.348. The van der Waals surface area contributed by atoms with E-state index in [-0.39, 0.29) is 7.18 Å². The van der Waals surface area contributed by atoms with E-state index in [0.29, 0.717) is 17.9 Å². The van der Waals surface area contributed by atoms with Gasteiger partial charge < -0.3 is 4.74 Å². The molecule has 0 aromatic heterocycles. The minimum absolute atomic E-state index is 0. The molecule has 2 aromatic rings. The largest absolute Gasteiger partial charge is 0.494 e. The number of halogens is 2. The van der Waals surface area contributed by atoms with E-state index in [9.17, 15) is 8.78 Å². The molecular formula is C21H26F2O. The summed E-state index contributed by atoms with van der Waals surface area (Å²) in [6.07, 6.45) is 5.47. The SMILES string of the molecule is COc1ccc(Cc2ccc(C3CCC(C)CC3)cc2)c(F)c1F.[HH]. The monoisotopic (exact) mass is 332 g/mol. The molecule has 0 spiro atoms. The van der Waals surface area contributed by atoms with E-state index in [1.807, 2.05) is 12.1 Å². The minimum Gasteiger partial charge on any atom is -0.494 e. The van der Waals surface area contributed by atoms with Crippen molar-refractivity contribution >= 4 is 0 Å². The second-order valence-electron chi connectivity index (χ2n) is 6.93. The van der Waals surface area contributed by atoms with E-state index in [1.54, 1.807) is 6.07 Å². The highest BCUT2D eigenvalue weighted by atomic mass is 19.2. The van der Waals surface area contributed by atoms with Crippen molar-refractivity contribution in [3.8, 4) is 5.75 Å². The van der Waals surface area contributed by atoms with Crippen LogP contribution in [0.25, 0.3) is 0 Å². The molecule has 130 valence electrons. The summed E-state index contributed by atoms with van der Waals surface area (Å²) in [5.41, 5.74) is 2.71. The zero-order chi connectivity index (χ0) is 17.1. The summed E-state index contributed by atoms with van der Waals surface area (Å²) in [5.74, 6) is -0.306. The van der Waals surface area contributed by atoms with Crippen LogP contribution in [0.5, 0.6) is 5.75 Å². The summed E-state index contributed by atoms with van der Waals surface area (Å²) < 4.78 is 32.7. The summed E-state index contributed by atoms with van der Waals surface area (Å²) in [4.78, 5) is 0. The number of benzene rings is 2.